The van der Waals surface area contributed by atoms with Gasteiger partial charge in [-0.3, -0.25) is 9.69 Å². The van der Waals surface area contributed by atoms with Gasteiger partial charge < -0.3 is 9.84 Å². The first-order chi connectivity index (χ1) is 14.1. The molecule has 4 unspecified atom stereocenters. The third kappa shape index (κ3) is 2.39. The highest BCUT2D eigenvalue weighted by Gasteiger charge is 2.65. The van der Waals surface area contributed by atoms with Crippen molar-refractivity contribution in [2.75, 3.05) is 13.1 Å². The molecule has 2 aromatic carbocycles. The van der Waals surface area contributed by atoms with E-state index in [9.17, 15) is 9.90 Å². The van der Waals surface area contributed by atoms with Crippen LogP contribution >= 0.6 is 11.6 Å². The number of hydrogen-bond acceptors (Lipinski definition) is 4. The first-order valence-electron chi connectivity index (χ1n) is 10.6. The van der Waals surface area contributed by atoms with Crippen LogP contribution in [0, 0.1) is 5.92 Å². The van der Waals surface area contributed by atoms with Crippen molar-refractivity contribution in [2.45, 2.75) is 49.7 Å². The number of aromatic hydroxyl groups is 1. The van der Waals surface area contributed by atoms with Crippen LogP contribution in [-0.2, 0) is 23.1 Å². The van der Waals surface area contributed by atoms with Gasteiger partial charge in [0.25, 0.3) is 0 Å². The molecule has 0 amide bonds. The Morgan fingerprint density at radius 1 is 1.21 bits per heavy atom. The molecule has 5 heteroatoms. The highest BCUT2D eigenvalue weighted by atomic mass is 35.5. The lowest BCUT2D eigenvalue weighted by Gasteiger charge is -2.57. The summed E-state index contributed by atoms with van der Waals surface area (Å²) in [4.78, 5) is 15.5. The van der Waals surface area contributed by atoms with Gasteiger partial charge in [0.2, 0.25) is 0 Å². The maximum absolute atomic E-state index is 12.8. The van der Waals surface area contributed by atoms with Crippen molar-refractivity contribution < 1.29 is 14.6 Å². The van der Waals surface area contributed by atoms with Crippen molar-refractivity contribution >= 4 is 17.4 Å². The number of Topliss-reactive ketones (excluding diaryl/α,β-unsaturated/α-hetero) is 1. The molecule has 2 heterocycles. The van der Waals surface area contributed by atoms with Crippen molar-refractivity contribution in [3.05, 3.63) is 58.1 Å². The number of carbonyl (C=O) groups is 1. The summed E-state index contributed by atoms with van der Waals surface area (Å²) >= 11 is 6.03. The molecule has 1 saturated heterocycles. The number of nitrogens with zero attached hydrogens (tertiary/aromatic N) is 1. The summed E-state index contributed by atoms with van der Waals surface area (Å²) < 4.78 is 6.17. The molecular formula is C24H24ClNO3. The van der Waals surface area contributed by atoms with E-state index < -0.39 is 6.10 Å². The molecule has 2 aliphatic heterocycles. The molecule has 2 bridgehead atoms. The molecular weight excluding hydrogens is 386 g/mol. The summed E-state index contributed by atoms with van der Waals surface area (Å²) in [6, 6.07) is 12.4. The van der Waals surface area contributed by atoms with Crippen molar-refractivity contribution in [1.29, 1.82) is 0 Å². The Bertz CT molecular complexity index is 1000. The zero-order valence-corrected chi connectivity index (χ0v) is 17.0. The average molecular weight is 410 g/mol. The predicted molar refractivity (Wildman–Crippen MR) is 111 cm³/mol. The van der Waals surface area contributed by atoms with E-state index in [1.807, 2.05) is 18.2 Å². The minimum absolute atomic E-state index is 0.183. The molecule has 4 atom stereocenters. The van der Waals surface area contributed by atoms with Crippen molar-refractivity contribution in [2.24, 2.45) is 5.92 Å². The number of ketones is 1. The van der Waals surface area contributed by atoms with Crippen molar-refractivity contribution in [3.63, 3.8) is 0 Å². The van der Waals surface area contributed by atoms with Crippen molar-refractivity contribution in [3.8, 4) is 11.5 Å². The maximum atomic E-state index is 12.8. The van der Waals surface area contributed by atoms with Crippen LogP contribution in [0.2, 0.25) is 5.02 Å². The highest BCUT2D eigenvalue weighted by Crippen LogP contribution is 2.63. The van der Waals surface area contributed by atoms with E-state index >= 15 is 0 Å². The smallest absolute Gasteiger partial charge is 0.174 e. The Morgan fingerprint density at radius 2 is 2.03 bits per heavy atom. The molecule has 6 rings (SSSR count). The monoisotopic (exact) mass is 409 g/mol. The summed E-state index contributed by atoms with van der Waals surface area (Å²) in [5.74, 6) is 1.39. The second-order valence-corrected chi connectivity index (χ2v) is 9.47. The van der Waals surface area contributed by atoms with Crippen molar-refractivity contribution in [1.82, 2.24) is 4.90 Å². The zero-order chi connectivity index (χ0) is 19.8. The molecule has 0 aromatic heterocycles. The van der Waals surface area contributed by atoms with Crippen LogP contribution in [-0.4, -0.2) is 41.0 Å². The van der Waals surface area contributed by atoms with Gasteiger partial charge in [0, 0.05) is 35.0 Å². The number of ether oxygens (including phenoxy) is 1. The van der Waals surface area contributed by atoms with Gasteiger partial charge in [0.15, 0.2) is 23.4 Å². The number of benzene rings is 2. The Kier molecular flexibility index (Phi) is 3.82. The van der Waals surface area contributed by atoms with Crippen LogP contribution < -0.4 is 4.74 Å². The molecule has 29 heavy (non-hydrogen) atoms. The largest absolute Gasteiger partial charge is 0.504 e. The minimum atomic E-state index is -0.412. The summed E-state index contributed by atoms with van der Waals surface area (Å²) in [6.45, 7) is 1.98. The van der Waals surface area contributed by atoms with E-state index in [0.29, 0.717) is 24.1 Å². The summed E-state index contributed by atoms with van der Waals surface area (Å²) in [7, 11) is 0. The van der Waals surface area contributed by atoms with E-state index in [2.05, 4.69) is 17.0 Å². The van der Waals surface area contributed by atoms with E-state index in [1.54, 1.807) is 6.07 Å². The van der Waals surface area contributed by atoms with Gasteiger partial charge in [0.05, 0.1) is 0 Å². The molecule has 4 nitrogen and oxygen atoms in total. The number of carbonyl (C=O) groups excluding carboxylic acids is 1. The lowest BCUT2D eigenvalue weighted by molar-refractivity contribution is -0.138. The fraction of sp³-hybridized carbons (Fsp3) is 0.458. The van der Waals surface area contributed by atoms with Gasteiger partial charge in [0.1, 0.15) is 0 Å². The highest BCUT2D eigenvalue weighted by molar-refractivity contribution is 6.30. The van der Waals surface area contributed by atoms with Gasteiger partial charge >= 0.3 is 0 Å². The average Bonchev–Trinajstić information content (AvgIpc) is 3.07. The molecule has 1 N–H and O–H groups in total. The third-order valence-corrected chi connectivity index (χ3v) is 8.08. The Balaban J connectivity index is 1.36. The van der Waals surface area contributed by atoms with Crippen LogP contribution in [0.25, 0.3) is 0 Å². The second kappa shape index (κ2) is 6.23. The number of phenolic OH excluding ortho intramolecular Hbond substituents is 1. The topological polar surface area (TPSA) is 49.8 Å². The fourth-order valence-electron chi connectivity index (χ4n) is 6.61. The number of halogens is 1. The van der Waals surface area contributed by atoms with Gasteiger partial charge in [-0.25, -0.2) is 0 Å². The maximum Gasteiger partial charge on any atom is 0.174 e. The number of phenols is 1. The number of rotatable bonds is 3. The van der Waals surface area contributed by atoms with E-state index in [4.69, 9.17) is 16.3 Å². The Labute approximate surface area is 175 Å². The zero-order valence-electron chi connectivity index (χ0n) is 16.2. The second-order valence-electron chi connectivity index (χ2n) is 9.03. The third-order valence-electron chi connectivity index (χ3n) is 7.82. The van der Waals surface area contributed by atoms with Crippen LogP contribution in [0.1, 0.15) is 36.0 Å². The predicted octanol–water partition coefficient (Wildman–Crippen LogP) is 3.90. The molecule has 2 aliphatic carbocycles. The molecule has 0 radical (unpaired) electrons. The number of likely N-dealkylation sites (tertiary alicyclic amines) is 1. The molecule has 150 valence electrons. The first-order valence-corrected chi connectivity index (χ1v) is 11.0. The summed E-state index contributed by atoms with van der Waals surface area (Å²) in [5.41, 5.74) is 3.47. The van der Waals surface area contributed by atoms with Gasteiger partial charge in [-0.15, -0.1) is 0 Å². The van der Waals surface area contributed by atoms with Crippen LogP contribution in [0.15, 0.2) is 36.4 Å². The summed E-state index contributed by atoms with van der Waals surface area (Å²) in [5, 5.41) is 11.2. The summed E-state index contributed by atoms with van der Waals surface area (Å²) in [6.07, 6.45) is 4.00. The number of piperidine rings is 1. The van der Waals surface area contributed by atoms with Crippen LogP contribution in [0.4, 0.5) is 0 Å². The minimum Gasteiger partial charge on any atom is -0.504 e. The van der Waals surface area contributed by atoms with Crippen LogP contribution in [0.3, 0.4) is 0 Å². The number of hydrogen-bond donors (Lipinski definition) is 1. The Morgan fingerprint density at radius 3 is 2.86 bits per heavy atom. The lowest BCUT2D eigenvalue weighted by atomic mass is 9.51. The quantitative estimate of drug-likeness (QED) is 0.835. The van der Waals surface area contributed by atoms with E-state index in [1.165, 1.54) is 11.1 Å². The molecule has 2 fully saturated rings. The molecule has 2 aromatic rings. The molecule has 1 saturated carbocycles. The Hall–Kier alpha value is -2.04. The normalized spacial score (nSPS) is 32.0. The molecule has 4 aliphatic rings. The fourth-order valence-corrected chi connectivity index (χ4v) is 6.74. The van der Waals surface area contributed by atoms with Crippen LogP contribution in [0.5, 0.6) is 11.5 Å². The van der Waals surface area contributed by atoms with Gasteiger partial charge in [-0.2, -0.15) is 0 Å². The van der Waals surface area contributed by atoms with Gasteiger partial charge in [-0.1, -0.05) is 29.8 Å². The lowest BCUT2D eigenvalue weighted by Crippen LogP contribution is -2.66. The van der Waals surface area contributed by atoms with Gasteiger partial charge in [-0.05, 0) is 67.5 Å². The first kappa shape index (κ1) is 17.8. The van der Waals surface area contributed by atoms with E-state index in [-0.39, 0.29) is 16.9 Å². The van der Waals surface area contributed by atoms with E-state index in [0.717, 1.165) is 49.4 Å². The molecule has 1 spiro atoms. The SMILES string of the molecule is O=C1CCC2C3Cc4ccc(O)c5c4C2(CCN3CCc2ccc(Cl)cc2)C1O5. The standard InChI is InChI=1S/C24H24ClNO3/c25-16-4-1-14(2-5-16)9-11-26-12-10-24-17-6-8-20(28)23(24)29-22-19(27)7-3-15(21(22)24)13-18(17)26/h1-5,7,17-18,23,27H,6,8-13H2.